The van der Waals surface area contributed by atoms with Crippen LogP contribution in [0.3, 0.4) is 0 Å². The normalized spacial score (nSPS) is 19.5. The highest BCUT2D eigenvalue weighted by atomic mass is 19.1. The topological polar surface area (TPSA) is 66.8 Å². The van der Waals surface area contributed by atoms with E-state index in [2.05, 4.69) is 0 Å². The van der Waals surface area contributed by atoms with E-state index >= 15 is 0 Å². The van der Waals surface area contributed by atoms with Crippen LogP contribution in [-0.2, 0) is 9.53 Å². The number of carbonyl (C=O) groups is 2. The lowest BCUT2D eigenvalue weighted by Crippen LogP contribution is -2.43. The first-order valence-electron chi connectivity index (χ1n) is 5.48. The van der Waals surface area contributed by atoms with Gasteiger partial charge in [0.2, 0.25) is 0 Å². The summed E-state index contributed by atoms with van der Waals surface area (Å²) in [6.45, 7) is 0.361. The number of aliphatic carboxylic acids is 1. The first-order chi connectivity index (χ1) is 8.56. The van der Waals surface area contributed by atoms with Crippen LogP contribution >= 0.6 is 0 Å². The van der Waals surface area contributed by atoms with Crippen molar-refractivity contribution in [3.8, 4) is 0 Å². The van der Waals surface area contributed by atoms with Gasteiger partial charge in [0.15, 0.2) is 0 Å². The highest BCUT2D eigenvalue weighted by molar-refractivity contribution is 5.88. The summed E-state index contributed by atoms with van der Waals surface area (Å²) in [6.07, 6.45) is -0.603. The van der Waals surface area contributed by atoms with Crippen LogP contribution in [-0.4, -0.2) is 30.3 Å². The summed E-state index contributed by atoms with van der Waals surface area (Å²) in [6, 6.07) is 5.40. The number of hydrogen-bond donors (Lipinski definition) is 1. The molecule has 1 N–H and O–H groups in total. The molecule has 6 heteroatoms. The summed E-state index contributed by atoms with van der Waals surface area (Å²) in [4.78, 5) is 23.5. The quantitative estimate of drug-likeness (QED) is 0.893. The zero-order valence-electron chi connectivity index (χ0n) is 9.51. The molecule has 1 amide bonds. The molecule has 0 aromatic heterocycles. The number of cyclic esters (lactones) is 1. The zero-order chi connectivity index (χ0) is 13.1. The molecule has 96 valence electrons. The van der Waals surface area contributed by atoms with E-state index in [-0.39, 0.29) is 25.5 Å². The van der Waals surface area contributed by atoms with E-state index < -0.39 is 17.9 Å². The minimum atomic E-state index is -0.933. The van der Waals surface area contributed by atoms with Gasteiger partial charge in [-0.15, -0.1) is 0 Å². The van der Waals surface area contributed by atoms with Gasteiger partial charge in [0.25, 0.3) is 0 Å². The molecule has 1 unspecified atom stereocenters. The van der Waals surface area contributed by atoms with E-state index in [0.29, 0.717) is 5.69 Å². The van der Waals surface area contributed by atoms with Crippen LogP contribution in [0.4, 0.5) is 14.9 Å². The van der Waals surface area contributed by atoms with E-state index in [9.17, 15) is 14.0 Å². The van der Waals surface area contributed by atoms with E-state index in [4.69, 9.17) is 9.84 Å². The Morgan fingerprint density at radius 3 is 2.72 bits per heavy atom. The lowest BCUT2D eigenvalue weighted by atomic mass is 10.0. The number of anilines is 1. The van der Waals surface area contributed by atoms with Crippen LogP contribution in [0.5, 0.6) is 0 Å². The number of nitrogens with zero attached hydrogens (tertiary/aromatic N) is 1. The van der Waals surface area contributed by atoms with Crippen molar-refractivity contribution in [1.82, 2.24) is 0 Å². The number of rotatable bonds is 3. The predicted molar refractivity (Wildman–Crippen MR) is 60.8 cm³/mol. The van der Waals surface area contributed by atoms with Gasteiger partial charge in [0.1, 0.15) is 5.82 Å². The van der Waals surface area contributed by atoms with Gasteiger partial charge in [0, 0.05) is 18.2 Å². The van der Waals surface area contributed by atoms with Gasteiger partial charge in [0.05, 0.1) is 13.0 Å². The second kappa shape index (κ2) is 5.03. The highest BCUT2D eigenvalue weighted by Gasteiger charge is 2.29. The predicted octanol–water partition coefficient (Wildman–Crippen LogP) is 1.87. The van der Waals surface area contributed by atoms with Crippen LogP contribution in [0.2, 0.25) is 0 Å². The molecule has 0 saturated carbocycles. The summed E-state index contributed by atoms with van der Waals surface area (Å²) in [5.74, 6) is -1.59. The van der Waals surface area contributed by atoms with Crippen LogP contribution in [0.1, 0.15) is 6.42 Å². The van der Waals surface area contributed by atoms with Gasteiger partial charge in [-0.25, -0.2) is 9.18 Å². The summed E-state index contributed by atoms with van der Waals surface area (Å²) in [5, 5.41) is 8.72. The van der Waals surface area contributed by atoms with Crippen molar-refractivity contribution in [3.63, 3.8) is 0 Å². The number of hydrogen-bond acceptors (Lipinski definition) is 3. The third-order valence-corrected chi connectivity index (χ3v) is 2.71. The molecule has 1 aliphatic rings. The lowest BCUT2D eigenvalue weighted by molar-refractivity contribution is -0.138. The summed E-state index contributed by atoms with van der Waals surface area (Å²) in [5.41, 5.74) is 0.497. The number of carbonyl (C=O) groups excluding carboxylic acids is 1. The molecule has 0 radical (unpaired) electrons. The van der Waals surface area contributed by atoms with Crippen molar-refractivity contribution in [3.05, 3.63) is 30.1 Å². The van der Waals surface area contributed by atoms with Crippen molar-refractivity contribution >= 4 is 17.7 Å². The molecular formula is C12H12FNO4. The summed E-state index contributed by atoms with van der Waals surface area (Å²) in [7, 11) is 0. The number of ether oxygens (including phenoxy) is 1. The number of carboxylic acids is 1. The van der Waals surface area contributed by atoms with Crippen LogP contribution in [0.25, 0.3) is 0 Å². The maximum atomic E-state index is 12.8. The van der Waals surface area contributed by atoms with Crippen molar-refractivity contribution in [1.29, 1.82) is 0 Å². The standard InChI is InChI=1S/C12H12FNO4/c13-9-1-3-10(4-2-9)14-6-8(5-11(15)16)7-18-12(14)17/h1-4,8H,5-7H2,(H,15,16). The van der Waals surface area contributed by atoms with Gasteiger partial charge in [-0.3, -0.25) is 9.69 Å². The van der Waals surface area contributed by atoms with Crippen LogP contribution < -0.4 is 4.90 Å². The minimum Gasteiger partial charge on any atom is -0.481 e. The van der Waals surface area contributed by atoms with Gasteiger partial charge < -0.3 is 9.84 Å². The van der Waals surface area contributed by atoms with E-state index in [0.717, 1.165) is 0 Å². The Balaban J connectivity index is 2.12. The highest BCUT2D eigenvalue weighted by Crippen LogP contribution is 2.22. The molecule has 0 aliphatic carbocycles. The minimum absolute atomic E-state index is 0.0645. The van der Waals surface area contributed by atoms with Crippen molar-refractivity contribution in [2.45, 2.75) is 6.42 Å². The molecule has 2 rings (SSSR count). The molecule has 0 spiro atoms. The number of halogens is 1. The monoisotopic (exact) mass is 253 g/mol. The third kappa shape index (κ3) is 2.77. The van der Waals surface area contributed by atoms with Gasteiger partial charge in [-0.2, -0.15) is 0 Å². The Morgan fingerprint density at radius 2 is 2.11 bits per heavy atom. The van der Waals surface area contributed by atoms with Crippen molar-refractivity contribution < 1.29 is 23.8 Å². The number of carboxylic acid groups (broad SMARTS) is 1. The molecule has 1 saturated heterocycles. The third-order valence-electron chi connectivity index (χ3n) is 2.71. The molecule has 1 fully saturated rings. The Hall–Kier alpha value is -2.11. The average Bonchev–Trinajstić information content (AvgIpc) is 2.32. The Labute approximate surface area is 103 Å². The van der Waals surface area contributed by atoms with Gasteiger partial charge >= 0.3 is 12.1 Å². The molecule has 1 aromatic rings. The van der Waals surface area contributed by atoms with Crippen molar-refractivity contribution in [2.75, 3.05) is 18.1 Å². The molecular weight excluding hydrogens is 241 g/mol. The molecule has 1 aliphatic heterocycles. The second-order valence-corrected chi connectivity index (χ2v) is 4.13. The fraction of sp³-hybridized carbons (Fsp3) is 0.333. The fourth-order valence-corrected chi connectivity index (χ4v) is 1.85. The van der Waals surface area contributed by atoms with E-state index in [1.54, 1.807) is 0 Å². The molecule has 5 nitrogen and oxygen atoms in total. The smallest absolute Gasteiger partial charge is 0.414 e. The average molecular weight is 253 g/mol. The second-order valence-electron chi connectivity index (χ2n) is 4.13. The Morgan fingerprint density at radius 1 is 1.44 bits per heavy atom. The van der Waals surface area contributed by atoms with Gasteiger partial charge in [-0.05, 0) is 24.3 Å². The largest absolute Gasteiger partial charge is 0.481 e. The molecule has 0 bridgehead atoms. The molecule has 1 heterocycles. The van der Waals surface area contributed by atoms with Crippen LogP contribution in [0.15, 0.2) is 24.3 Å². The summed E-state index contributed by atoms with van der Waals surface area (Å²) >= 11 is 0. The lowest BCUT2D eigenvalue weighted by Gasteiger charge is -2.31. The van der Waals surface area contributed by atoms with Crippen LogP contribution in [0, 0.1) is 11.7 Å². The summed E-state index contributed by atoms with van der Waals surface area (Å²) < 4.78 is 17.7. The maximum absolute atomic E-state index is 12.8. The molecule has 18 heavy (non-hydrogen) atoms. The fourth-order valence-electron chi connectivity index (χ4n) is 1.85. The first kappa shape index (κ1) is 12.3. The Kier molecular flexibility index (Phi) is 3.45. The number of benzene rings is 1. The van der Waals surface area contributed by atoms with E-state index in [1.165, 1.54) is 29.2 Å². The number of amides is 1. The molecule has 1 aromatic carbocycles. The molecule has 1 atom stereocenters. The first-order valence-corrected chi connectivity index (χ1v) is 5.48. The van der Waals surface area contributed by atoms with E-state index in [1.807, 2.05) is 0 Å². The van der Waals surface area contributed by atoms with Gasteiger partial charge in [-0.1, -0.05) is 0 Å². The SMILES string of the molecule is O=C(O)CC1COC(=O)N(c2ccc(F)cc2)C1. The maximum Gasteiger partial charge on any atom is 0.414 e. The zero-order valence-corrected chi connectivity index (χ0v) is 9.51. The Bertz CT molecular complexity index is 460. The van der Waals surface area contributed by atoms with Crippen molar-refractivity contribution in [2.24, 2.45) is 5.92 Å².